The Balaban J connectivity index is 1.40. The van der Waals surface area contributed by atoms with Crippen LogP contribution in [0.15, 0.2) is 12.7 Å². The molecular formula is C16H28N4O3. The van der Waals surface area contributed by atoms with Gasteiger partial charge in [-0.25, -0.2) is 4.98 Å². The number of piperidine rings is 1. The van der Waals surface area contributed by atoms with Crippen LogP contribution in [-0.2, 0) is 16.0 Å². The van der Waals surface area contributed by atoms with E-state index in [0.717, 1.165) is 39.0 Å². The maximum atomic E-state index is 10.3. The van der Waals surface area contributed by atoms with Gasteiger partial charge in [0.15, 0.2) is 0 Å². The first-order valence-electron chi connectivity index (χ1n) is 8.75. The maximum Gasteiger partial charge on any atom is 0.137 e. The number of likely N-dealkylation sites (tertiary alicyclic amines) is 1. The van der Waals surface area contributed by atoms with Crippen molar-refractivity contribution in [2.24, 2.45) is 0 Å². The van der Waals surface area contributed by atoms with Gasteiger partial charge >= 0.3 is 0 Å². The summed E-state index contributed by atoms with van der Waals surface area (Å²) in [7, 11) is 0. The van der Waals surface area contributed by atoms with Gasteiger partial charge in [0, 0.05) is 19.2 Å². The van der Waals surface area contributed by atoms with Gasteiger partial charge in [-0.1, -0.05) is 6.42 Å². The highest BCUT2D eigenvalue weighted by Crippen LogP contribution is 2.19. The van der Waals surface area contributed by atoms with Crippen molar-refractivity contribution in [2.45, 2.75) is 56.9 Å². The molecule has 2 fully saturated rings. The highest BCUT2D eigenvalue weighted by atomic mass is 16.5. The van der Waals surface area contributed by atoms with E-state index < -0.39 is 6.10 Å². The molecule has 2 aliphatic rings. The second kappa shape index (κ2) is 8.73. The predicted octanol–water partition coefficient (Wildman–Crippen LogP) is 0.689. The van der Waals surface area contributed by atoms with E-state index in [2.05, 4.69) is 15.0 Å². The minimum absolute atomic E-state index is 0.220. The van der Waals surface area contributed by atoms with Crippen molar-refractivity contribution in [1.29, 1.82) is 0 Å². The molecule has 0 saturated carbocycles. The molecule has 3 atom stereocenters. The average Bonchev–Trinajstić information content (AvgIpc) is 3.23. The SMILES string of the molecule is O[C@H](COC[C@H]1CCCO1)CN1CCCC[C@H]1Cn1cncn1. The highest BCUT2D eigenvalue weighted by Gasteiger charge is 2.25. The van der Waals surface area contributed by atoms with Crippen LogP contribution in [0, 0.1) is 0 Å². The smallest absolute Gasteiger partial charge is 0.137 e. The number of aliphatic hydroxyl groups is 1. The molecule has 1 aromatic rings. The Morgan fingerprint density at radius 2 is 2.26 bits per heavy atom. The number of aliphatic hydroxyl groups excluding tert-OH is 1. The second-order valence-electron chi connectivity index (χ2n) is 6.59. The van der Waals surface area contributed by atoms with Gasteiger partial charge in [-0.15, -0.1) is 0 Å². The zero-order chi connectivity index (χ0) is 15.9. The highest BCUT2D eigenvalue weighted by molar-refractivity contribution is 4.79. The van der Waals surface area contributed by atoms with Crippen molar-refractivity contribution in [2.75, 3.05) is 32.9 Å². The molecule has 0 amide bonds. The van der Waals surface area contributed by atoms with Crippen LogP contribution in [0.1, 0.15) is 32.1 Å². The quantitative estimate of drug-likeness (QED) is 0.758. The molecular weight excluding hydrogens is 296 g/mol. The second-order valence-corrected chi connectivity index (χ2v) is 6.59. The molecule has 2 aliphatic heterocycles. The Kier molecular flexibility index (Phi) is 6.38. The normalized spacial score (nSPS) is 27.3. The topological polar surface area (TPSA) is 72.6 Å². The Hall–Kier alpha value is -1.02. The van der Waals surface area contributed by atoms with E-state index in [1.807, 2.05) is 4.68 Å². The van der Waals surface area contributed by atoms with Gasteiger partial charge in [-0.05, 0) is 32.2 Å². The number of hydrogen-bond donors (Lipinski definition) is 1. The van der Waals surface area contributed by atoms with Gasteiger partial charge < -0.3 is 14.6 Å². The number of aromatic nitrogens is 3. The summed E-state index contributed by atoms with van der Waals surface area (Å²) in [5, 5.41) is 14.5. The molecule has 1 aromatic heterocycles. The lowest BCUT2D eigenvalue weighted by Gasteiger charge is -2.36. The predicted molar refractivity (Wildman–Crippen MR) is 85.0 cm³/mol. The third-order valence-corrected chi connectivity index (χ3v) is 4.70. The molecule has 0 bridgehead atoms. The Morgan fingerprint density at radius 1 is 1.30 bits per heavy atom. The van der Waals surface area contributed by atoms with Crippen molar-refractivity contribution >= 4 is 0 Å². The fourth-order valence-electron chi connectivity index (χ4n) is 3.48. The van der Waals surface area contributed by atoms with Gasteiger partial charge in [-0.2, -0.15) is 5.10 Å². The lowest BCUT2D eigenvalue weighted by molar-refractivity contribution is -0.0322. The maximum absolute atomic E-state index is 10.3. The fourth-order valence-corrected chi connectivity index (χ4v) is 3.48. The van der Waals surface area contributed by atoms with E-state index in [1.54, 1.807) is 12.7 Å². The van der Waals surface area contributed by atoms with E-state index in [9.17, 15) is 5.11 Å². The van der Waals surface area contributed by atoms with E-state index >= 15 is 0 Å². The Bertz CT molecular complexity index is 437. The molecule has 0 unspecified atom stereocenters. The third-order valence-electron chi connectivity index (χ3n) is 4.70. The van der Waals surface area contributed by atoms with Crippen LogP contribution in [-0.4, -0.2) is 75.9 Å². The zero-order valence-electron chi connectivity index (χ0n) is 13.7. The molecule has 7 heteroatoms. The lowest BCUT2D eigenvalue weighted by Crippen LogP contribution is -2.46. The first-order chi connectivity index (χ1) is 11.3. The summed E-state index contributed by atoms with van der Waals surface area (Å²) in [5.74, 6) is 0. The standard InChI is InChI=1S/C16H28N4O3/c21-15(10-22-11-16-5-3-7-23-16)9-19-6-2-1-4-14(19)8-20-13-17-12-18-20/h12-16,21H,1-11H2/t14-,15-,16+/m0/s1. The van der Waals surface area contributed by atoms with E-state index in [4.69, 9.17) is 9.47 Å². The summed E-state index contributed by atoms with van der Waals surface area (Å²) in [6.45, 7) is 4.34. The molecule has 0 aliphatic carbocycles. The lowest BCUT2D eigenvalue weighted by atomic mass is 10.0. The molecule has 0 radical (unpaired) electrons. The summed E-state index contributed by atoms with van der Waals surface area (Å²) >= 11 is 0. The average molecular weight is 324 g/mol. The number of β-amino-alcohol motifs (C(OH)–C–C–N with tert-alkyl or cyclic N) is 1. The van der Waals surface area contributed by atoms with Gasteiger partial charge in [-0.3, -0.25) is 9.58 Å². The molecule has 130 valence electrons. The third kappa shape index (κ3) is 5.24. The largest absolute Gasteiger partial charge is 0.389 e. The van der Waals surface area contributed by atoms with Crippen molar-refractivity contribution < 1.29 is 14.6 Å². The van der Waals surface area contributed by atoms with Gasteiger partial charge in [0.25, 0.3) is 0 Å². The van der Waals surface area contributed by atoms with Crippen LogP contribution in [0.2, 0.25) is 0 Å². The number of rotatable bonds is 8. The van der Waals surface area contributed by atoms with Crippen molar-refractivity contribution in [3.63, 3.8) is 0 Å². The van der Waals surface area contributed by atoms with Crippen molar-refractivity contribution in [3.05, 3.63) is 12.7 Å². The van der Waals surface area contributed by atoms with Gasteiger partial charge in [0.1, 0.15) is 12.7 Å². The Morgan fingerprint density at radius 3 is 3.04 bits per heavy atom. The van der Waals surface area contributed by atoms with Crippen LogP contribution >= 0.6 is 0 Å². The molecule has 23 heavy (non-hydrogen) atoms. The molecule has 7 nitrogen and oxygen atoms in total. The summed E-state index contributed by atoms with van der Waals surface area (Å²) in [5.41, 5.74) is 0. The van der Waals surface area contributed by atoms with Crippen LogP contribution in [0.5, 0.6) is 0 Å². The van der Waals surface area contributed by atoms with Crippen LogP contribution in [0.25, 0.3) is 0 Å². The molecule has 3 heterocycles. The summed E-state index contributed by atoms with van der Waals surface area (Å²) < 4.78 is 13.0. The molecule has 2 saturated heterocycles. The van der Waals surface area contributed by atoms with Crippen molar-refractivity contribution in [3.8, 4) is 0 Å². The van der Waals surface area contributed by atoms with Crippen molar-refractivity contribution in [1.82, 2.24) is 19.7 Å². The van der Waals surface area contributed by atoms with Crippen LogP contribution < -0.4 is 0 Å². The molecule has 3 rings (SSSR count). The first-order valence-corrected chi connectivity index (χ1v) is 8.75. The number of ether oxygens (including phenoxy) is 2. The molecule has 0 spiro atoms. The number of hydrogen-bond acceptors (Lipinski definition) is 6. The van der Waals surface area contributed by atoms with Gasteiger partial charge in [0.05, 0.1) is 32.0 Å². The Labute approximate surface area is 137 Å². The summed E-state index contributed by atoms with van der Waals surface area (Å²) in [6, 6.07) is 0.415. The monoisotopic (exact) mass is 324 g/mol. The molecule has 1 N–H and O–H groups in total. The zero-order valence-corrected chi connectivity index (χ0v) is 13.7. The minimum Gasteiger partial charge on any atom is -0.389 e. The first kappa shape index (κ1) is 16.8. The van der Waals surface area contributed by atoms with Crippen LogP contribution in [0.3, 0.4) is 0 Å². The molecule has 0 aromatic carbocycles. The number of nitrogens with zero attached hydrogens (tertiary/aromatic N) is 4. The minimum atomic E-state index is -0.451. The van der Waals surface area contributed by atoms with E-state index in [-0.39, 0.29) is 6.10 Å². The van der Waals surface area contributed by atoms with Gasteiger partial charge in [0.2, 0.25) is 0 Å². The fraction of sp³-hybridized carbons (Fsp3) is 0.875. The van der Waals surface area contributed by atoms with E-state index in [1.165, 1.54) is 12.8 Å². The van der Waals surface area contributed by atoms with Crippen LogP contribution in [0.4, 0.5) is 0 Å². The van der Waals surface area contributed by atoms with E-state index in [0.29, 0.717) is 25.8 Å². The summed E-state index contributed by atoms with van der Waals surface area (Å²) in [4.78, 5) is 6.37. The summed E-state index contributed by atoms with van der Waals surface area (Å²) in [6.07, 6.45) is 8.86.